The standard InChI is InChI=1S/C19H21NO6S/c1-12-8-16(9-13(2)14(12)3)26-17-6-4-5-7-18(17)27(24,25)20-15(11-21)10-19(22)23/h4-9,11,15,20H,10H2,1-3H3,(H,22,23)/t15-/m0/s1. The molecule has 0 unspecified atom stereocenters. The molecule has 0 aliphatic heterocycles. The number of aryl methyl sites for hydroxylation is 2. The highest BCUT2D eigenvalue weighted by Crippen LogP contribution is 2.31. The van der Waals surface area contributed by atoms with Crippen LogP contribution in [0.4, 0.5) is 0 Å². The van der Waals surface area contributed by atoms with Gasteiger partial charge in [-0.1, -0.05) is 12.1 Å². The summed E-state index contributed by atoms with van der Waals surface area (Å²) in [5.41, 5.74) is 3.13. The monoisotopic (exact) mass is 391 g/mol. The summed E-state index contributed by atoms with van der Waals surface area (Å²) in [4.78, 5) is 21.6. The van der Waals surface area contributed by atoms with Crippen molar-refractivity contribution in [2.24, 2.45) is 0 Å². The van der Waals surface area contributed by atoms with Gasteiger partial charge in [0.05, 0.1) is 12.5 Å². The number of aldehydes is 1. The van der Waals surface area contributed by atoms with Crippen LogP contribution < -0.4 is 9.46 Å². The highest BCUT2D eigenvalue weighted by molar-refractivity contribution is 7.89. The normalized spacial score (nSPS) is 12.4. The fourth-order valence-electron chi connectivity index (χ4n) is 2.51. The summed E-state index contributed by atoms with van der Waals surface area (Å²) in [6, 6.07) is 8.19. The number of ether oxygens (including phenoxy) is 1. The van der Waals surface area contributed by atoms with Gasteiger partial charge in [-0.3, -0.25) is 4.79 Å². The van der Waals surface area contributed by atoms with Gasteiger partial charge in [-0.05, 0) is 61.7 Å². The number of carboxylic acid groups (broad SMARTS) is 1. The van der Waals surface area contributed by atoms with Gasteiger partial charge < -0.3 is 14.6 Å². The second kappa shape index (κ2) is 8.32. The fraction of sp³-hybridized carbons (Fsp3) is 0.263. The third kappa shape index (κ3) is 5.15. The maximum atomic E-state index is 12.6. The van der Waals surface area contributed by atoms with Crippen molar-refractivity contribution in [1.82, 2.24) is 4.72 Å². The molecule has 144 valence electrons. The van der Waals surface area contributed by atoms with Crippen molar-refractivity contribution >= 4 is 22.3 Å². The van der Waals surface area contributed by atoms with Gasteiger partial charge in [0, 0.05) is 0 Å². The summed E-state index contributed by atoms with van der Waals surface area (Å²) in [7, 11) is -4.17. The van der Waals surface area contributed by atoms with E-state index in [1.165, 1.54) is 18.2 Å². The Morgan fingerprint density at radius 2 is 1.78 bits per heavy atom. The first-order valence-electron chi connectivity index (χ1n) is 8.18. The third-order valence-corrected chi connectivity index (χ3v) is 5.66. The summed E-state index contributed by atoms with van der Waals surface area (Å²) in [5.74, 6) is -0.728. The minimum atomic E-state index is -4.17. The molecule has 7 nitrogen and oxygen atoms in total. The van der Waals surface area contributed by atoms with E-state index in [1.807, 2.05) is 20.8 Å². The van der Waals surface area contributed by atoms with Crippen LogP contribution in [0.3, 0.4) is 0 Å². The lowest BCUT2D eigenvalue weighted by Crippen LogP contribution is -2.37. The van der Waals surface area contributed by atoms with Crippen molar-refractivity contribution in [2.75, 3.05) is 0 Å². The van der Waals surface area contributed by atoms with E-state index >= 15 is 0 Å². The Labute approximate surface area is 158 Å². The number of hydrogen-bond donors (Lipinski definition) is 2. The smallest absolute Gasteiger partial charge is 0.305 e. The molecule has 8 heteroatoms. The van der Waals surface area contributed by atoms with Crippen LogP contribution in [0.5, 0.6) is 11.5 Å². The molecule has 2 N–H and O–H groups in total. The maximum Gasteiger partial charge on any atom is 0.305 e. The average molecular weight is 391 g/mol. The van der Waals surface area contributed by atoms with Gasteiger partial charge in [-0.15, -0.1) is 0 Å². The zero-order valence-electron chi connectivity index (χ0n) is 15.2. The van der Waals surface area contributed by atoms with Gasteiger partial charge in [-0.25, -0.2) is 13.1 Å². The zero-order valence-corrected chi connectivity index (χ0v) is 16.0. The molecule has 0 aliphatic rings. The summed E-state index contributed by atoms with van der Waals surface area (Å²) in [5, 5.41) is 8.79. The molecule has 0 amide bonds. The number of sulfonamides is 1. The van der Waals surface area contributed by atoms with Crippen LogP contribution in [-0.4, -0.2) is 31.8 Å². The molecule has 0 bridgehead atoms. The van der Waals surface area contributed by atoms with Crippen LogP contribution in [-0.2, 0) is 19.6 Å². The zero-order chi connectivity index (χ0) is 20.2. The Balaban J connectivity index is 2.37. The van der Waals surface area contributed by atoms with Gasteiger partial charge in [-0.2, -0.15) is 0 Å². The lowest BCUT2D eigenvalue weighted by Gasteiger charge is -2.16. The second-order valence-corrected chi connectivity index (χ2v) is 7.87. The molecule has 0 saturated carbocycles. The fourth-order valence-corrected chi connectivity index (χ4v) is 3.80. The van der Waals surface area contributed by atoms with Crippen molar-refractivity contribution < 1.29 is 27.9 Å². The summed E-state index contributed by atoms with van der Waals surface area (Å²) in [6.07, 6.45) is -0.399. The Morgan fingerprint density at radius 3 is 2.33 bits per heavy atom. The van der Waals surface area contributed by atoms with Crippen LogP contribution in [0.2, 0.25) is 0 Å². The van der Waals surface area contributed by atoms with E-state index in [0.717, 1.165) is 16.7 Å². The molecule has 2 aromatic rings. The molecule has 0 fully saturated rings. The molecule has 0 radical (unpaired) electrons. The molecule has 0 aromatic heterocycles. The van der Waals surface area contributed by atoms with Gasteiger partial charge in [0.15, 0.2) is 0 Å². The van der Waals surface area contributed by atoms with Crippen molar-refractivity contribution in [2.45, 2.75) is 38.1 Å². The number of rotatable bonds is 8. The number of nitrogens with one attached hydrogen (secondary N) is 1. The first kappa shape index (κ1) is 20.6. The number of carbonyl (C=O) groups excluding carboxylic acids is 1. The van der Waals surface area contributed by atoms with Crippen LogP contribution >= 0.6 is 0 Å². The van der Waals surface area contributed by atoms with E-state index in [0.29, 0.717) is 5.75 Å². The van der Waals surface area contributed by atoms with Crippen LogP contribution in [0.25, 0.3) is 0 Å². The lowest BCUT2D eigenvalue weighted by molar-refractivity contribution is -0.138. The van der Waals surface area contributed by atoms with Gasteiger partial charge >= 0.3 is 5.97 Å². The van der Waals surface area contributed by atoms with Crippen molar-refractivity contribution in [3.63, 3.8) is 0 Å². The average Bonchev–Trinajstić information content (AvgIpc) is 2.58. The molecule has 27 heavy (non-hydrogen) atoms. The largest absolute Gasteiger partial charge is 0.481 e. The van der Waals surface area contributed by atoms with Gasteiger partial charge in [0.25, 0.3) is 0 Å². The quantitative estimate of drug-likeness (QED) is 0.670. The number of carbonyl (C=O) groups is 2. The molecule has 2 rings (SSSR count). The number of benzene rings is 2. The number of hydrogen-bond acceptors (Lipinski definition) is 5. The number of aliphatic carboxylic acids is 1. The highest BCUT2D eigenvalue weighted by Gasteiger charge is 2.25. The molecule has 0 aliphatic carbocycles. The minimum absolute atomic E-state index is 0.0765. The van der Waals surface area contributed by atoms with Crippen molar-refractivity contribution in [3.8, 4) is 11.5 Å². The third-order valence-electron chi connectivity index (χ3n) is 4.13. The molecule has 2 aromatic carbocycles. The Morgan fingerprint density at radius 1 is 1.19 bits per heavy atom. The van der Waals surface area contributed by atoms with E-state index in [2.05, 4.69) is 4.72 Å². The van der Waals surface area contributed by atoms with E-state index in [1.54, 1.807) is 18.2 Å². The van der Waals surface area contributed by atoms with E-state index in [-0.39, 0.29) is 16.9 Å². The van der Waals surface area contributed by atoms with Gasteiger partial charge in [0.1, 0.15) is 22.7 Å². The van der Waals surface area contributed by atoms with E-state index in [9.17, 15) is 18.0 Å². The maximum absolute atomic E-state index is 12.6. The first-order chi connectivity index (χ1) is 12.6. The van der Waals surface area contributed by atoms with Crippen LogP contribution in [0, 0.1) is 20.8 Å². The number of para-hydroxylation sites is 1. The molecule has 0 saturated heterocycles. The Kier molecular flexibility index (Phi) is 6.35. The van der Waals surface area contributed by atoms with Crippen molar-refractivity contribution in [3.05, 3.63) is 53.1 Å². The summed E-state index contributed by atoms with van der Waals surface area (Å²) >= 11 is 0. The minimum Gasteiger partial charge on any atom is -0.481 e. The van der Waals surface area contributed by atoms with Gasteiger partial charge in [0.2, 0.25) is 10.0 Å². The molecule has 0 spiro atoms. The van der Waals surface area contributed by atoms with Crippen molar-refractivity contribution in [1.29, 1.82) is 0 Å². The molecule has 1 atom stereocenters. The lowest BCUT2D eigenvalue weighted by atomic mass is 10.0. The molecular weight excluding hydrogens is 370 g/mol. The predicted octanol–water partition coefficient (Wildman–Crippen LogP) is 2.72. The van der Waals surface area contributed by atoms with E-state index in [4.69, 9.17) is 9.84 Å². The SMILES string of the molecule is Cc1cc(Oc2ccccc2S(=O)(=O)N[C@H](C=O)CC(=O)O)cc(C)c1C. The topological polar surface area (TPSA) is 110 Å². The predicted molar refractivity (Wildman–Crippen MR) is 99.6 cm³/mol. The summed E-state index contributed by atoms with van der Waals surface area (Å²) in [6.45, 7) is 5.85. The first-order valence-corrected chi connectivity index (χ1v) is 9.66. The molecular formula is C19H21NO6S. The Hall–Kier alpha value is -2.71. The Bertz CT molecular complexity index is 945. The van der Waals surface area contributed by atoms with E-state index < -0.39 is 28.5 Å². The van der Waals surface area contributed by atoms with Crippen LogP contribution in [0.15, 0.2) is 41.3 Å². The summed E-state index contributed by atoms with van der Waals surface area (Å²) < 4.78 is 33.2. The second-order valence-electron chi connectivity index (χ2n) is 6.19. The number of carboxylic acids is 1. The molecule has 0 heterocycles. The van der Waals surface area contributed by atoms with Crippen LogP contribution in [0.1, 0.15) is 23.1 Å². The highest BCUT2D eigenvalue weighted by atomic mass is 32.2.